The number of rotatable bonds is 4. The first-order valence-electron chi connectivity index (χ1n) is 10.4. The second-order valence-corrected chi connectivity index (χ2v) is 8.88. The number of carbonyl (C=O) groups is 1. The number of carboxylic acids is 1. The van der Waals surface area contributed by atoms with Crippen LogP contribution in [0.1, 0.15) is 52.5 Å². The van der Waals surface area contributed by atoms with Crippen LogP contribution in [0.3, 0.4) is 0 Å². The molecule has 0 fully saturated rings. The van der Waals surface area contributed by atoms with Crippen molar-refractivity contribution >= 4 is 34.5 Å². The minimum atomic E-state index is -0.989. The normalized spacial score (nSPS) is 12.8. The van der Waals surface area contributed by atoms with Gasteiger partial charge in [-0.1, -0.05) is 43.7 Å². The highest BCUT2D eigenvalue weighted by Gasteiger charge is 2.30. The Morgan fingerprint density at radius 3 is 2.71 bits per heavy atom. The highest BCUT2D eigenvalue weighted by molar-refractivity contribution is 6.34. The van der Waals surface area contributed by atoms with Crippen LogP contribution < -0.4 is 0 Å². The number of aromatic nitrogens is 2. The van der Waals surface area contributed by atoms with Crippen LogP contribution in [0.15, 0.2) is 42.6 Å². The summed E-state index contributed by atoms with van der Waals surface area (Å²) in [5.74, 6) is -0.905. The first kappa shape index (κ1) is 19.7. The van der Waals surface area contributed by atoms with E-state index in [0.717, 1.165) is 56.4 Å². The van der Waals surface area contributed by atoms with Crippen molar-refractivity contribution in [1.82, 2.24) is 9.97 Å². The molecule has 0 atom stereocenters. The van der Waals surface area contributed by atoms with E-state index in [9.17, 15) is 9.90 Å². The van der Waals surface area contributed by atoms with Gasteiger partial charge in [0, 0.05) is 38.8 Å². The van der Waals surface area contributed by atoms with E-state index in [4.69, 9.17) is 11.6 Å². The second-order valence-electron chi connectivity index (χ2n) is 8.48. The van der Waals surface area contributed by atoms with Gasteiger partial charge in [-0.3, -0.25) is 0 Å². The molecule has 5 rings (SSSR count). The number of aromatic amines is 2. The zero-order valence-corrected chi connectivity index (χ0v) is 18.4. The lowest BCUT2D eigenvalue weighted by Gasteiger charge is -2.16. The van der Waals surface area contributed by atoms with Gasteiger partial charge in [-0.15, -0.1) is 0 Å². The third kappa shape index (κ3) is 3.02. The minimum Gasteiger partial charge on any atom is -0.477 e. The Kier molecular flexibility index (Phi) is 4.56. The monoisotopic (exact) mass is 430 g/mol. The molecule has 1 aliphatic carbocycles. The molecule has 3 N–H and O–H groups in total. The van der Waals surface area contributed by atoms with E-state index in [1.54, 1.807) is 0 Å². The Labute approximate surface area is 185 Å². The summed E-state index contributed by atoms with van der Waals surface area (Å²) in [6.45, 7) is 6.24. The van der Waals surface area contributed by atoms with Crippen LogP contribution in [0.25, 0.3) is 39.4 Å². The van der Waals surface area contributed by atoms with Crippen LogP contribution in [-0.4, -0.2) is 21.0 Å². The molecule has 4 aromatic rings. The predicted molar refractivity (Wildman–Crippen MR) is 127 cm³/mol. The third-order valence-corrected chi connectivity index (χ3v) is 6.38. The molecule has 0 amide bonds. The van der Waals surface area contributed by atoms with Crippen molar-refractivity contribution in [3.05, 3.63) is 75.6 Å². The lowest BCUT2D eigenvalue weighted by molar-refractivity contribution is 0.0692. The van der Waals surface area contributed by atoms with E-state index in [2.05, 4.69) is 48.1 Å². The molecular formula is C26H23ClN2O2. The van der Waals surface area contributed by atoms with E-state index in [1.807, 2.05) is 31.3 Å². The molecule has 2 aromatic heterocycles. The zero-order valence-electron chi connectivity index (χ0n) is 17.6. The Balaban J connectivity index is 1.91. The van der Waals surface area contributed by atoms with Gasteiger partial charge < -0.3 is 15.1 Å². The Morgan fingerprint density at radius 2 is 1.97 bits per heavy atom. The minimum absolute atomic E-state index is 0.0844. The molecule has 0 radical (unpaired) electrons. The van der Waals surface area contributed by atoms with Crippen LogP contribution in [0.5, 0.6) is 0 Å². The van der Waals surface area contributed by atoms with Gasteiger partial charge in [0.1, 0.15) is 5.69 Å². The quantitative estimate of drug-likeness (QED) is 0.321. The van der Waals surface area contributed by atoms with Crippen molar-refractivity contribution < 1.29 is 9.90 Å². The van der Waals surface area contributed by atoms with E-state index < -0.39 is 5.97 Å². The Hall–Kier alpha value is -3.24. The maximum absolute atomic E-state index is 12.4. The summed E-state index contributed by atoms with van der Waals surface area (Å²) in [6.07, 6.45) is 6.89. The number of aromatic carboxylic acids is 1. The number of fused-ring (bicyclic) bond motifs is 2. The molecule has 2 aromatic carbocycles. The summed E-state index contributed by atoms with van der Waals surface area (Å²) < 4.78 is 0. The molecule has 0 aliphatic heterocycles. The first-order chi connectivity index (χ1) is 14.9. The Bertz CT molecular complexity index is 1390. The highest BCUT2D eigenvalue weighted by atomic mass is 35.5. The van der Waals surface area contributed by atoms with Crippen molar-refractivity contribution in [1.29, 1.82) is 0 Å². The summed E-state index contributed by atoms with van der Waals surface area (Å²) in [7, 11) is 0. The van der Waals surface area contributed by atoms with Crippen LogP contribution in [0.4, 0.5) is 0 Å². The van der Waals surface area contributed by atoms with E-state index in [-0.39, 0.29) is 11.6 Å². The number of H-pyrrole nitrogens is 2. The molecule has 0 unspecified atom stereocenters. The summed E-state index contributed by atoms with van der Waals surface area (Å²) in [5, 5.41) is 11.8. The van der Waals surface area contributed by atoms with Crippen LogP contribution in [0.2, 0.25) is 5.02 Å². The summed E-state index contributed by atoms with van der Waals surface area (Å²) in [5.41, 5.74) is 8.79. The molecule has 4 nitrogen and oxygen atoms in total. The van der Waals surface area contributed by atoms with Gasteiger partial charge in [0.15, 0.2) is 0 Å². The fourth-order valence-electron chi connectivity index (χ4n) is 4.80. The molecule has 0 bridgehead atoms. The maximum atomic E-state index is 12.4. The number of benzene rings is 2. The lowest BCUT2D eigenvalue weighted by atomic mass is 9.87. The molecule has 0 spiro atoms. The number of hydrogen-bond acceptors (Lipinski definition) is 1. The van der Waals surface area contributed by atoms with Crippen LogP contribution >= 0.6 is 11.6 Å². The predicted octanol–water partition coefficient (Wildman–Crippen LogP) is 7.18. The van der Waals surface area contributed by atoms with Crippen molar-refractivity contribution in [3.63, 3.8) is 0 Å². The van der Waals surface area contributed by atoms with Crippen LogP contribution in [0, 0.1) is 6.92 Å². The summed E-state index contributed by atoms with van der Waals surface area (Å²) in [4.78, 5) is 19.0. The average molecular weight is 431 g/mol. The van der Waals surface area contributed by atoms with Gasteiger partial charge >= 0.3 is 5.97 Å². The zero-order chi connectivity index (χ0) is 21.9. The number of hydrogen-bond donors (Lipinski definition) is 3. The van der Waals surface area contributed by atoms with Gasteiger partial charge in [0.05, 0.1) is 5.69 Å². The van der Waals surface area contributed by atoms with Crippen molar-refractivity contribution in [2.45, 2.75) is 33.1 Å². The molecule has 5 heteroatoms. The van der Waals surface area contributed by atoms with Crippen LogP contribution in [-0.2, 0) is 6.42 Å². The average Bonchev–Trinajstić information content (AvgIpc) is 3.44. The van der Waals surface area contributed by atoms with Crippen molar-refractivity contribution in [2.75, 3.05) is 0 Å². The first-order valence-corrected chi connectivity index (χ1v) is 10.8. The highest BCUT2D eigenvalue weighted by Crippen LogP contribution is 2.46. The van der Waals surface area contributed by atoms with Gasteiger partial charge in [-0.05, 0) is 65.8 Å². The SMILES string of the molecule is Cc1cc(-c2[nH]c(C(=O)O)c(-c3c(Cl)ccc4c3C=CC4)c2C(C)C)c2cc[nH]c2c1. The maximum Gasteiger partial charge on any atom is 0.352 e. The van der Waals surface area contributed by atoms with E-state index >= 15 is 0 Å². The molecule has 156 valence electrons. The smallest absolute Gasteiger partial charge is 0.352 e. The van der Waals surface area contributed by atoms with E-state index in [1.165, 1.54) is 0 Å². The van der Waals surface area contributed by atoms with Crippen molar-refractivity contribution in [2.24, 2.45) is 0 Å². The van der Waals surface area contributed by atoms with Gasteiger partial charge in [-0.25, -0.2) is 4.79 Å². The molecule has 31 heavy (non-hydrogen) atoms. The number of carboxylic acid groups (broad SMARTS) is 1. The molecule has 1 aliphatic rings. The number of aryl methyl sites for hydroxylation is 1. The number of halogens is 1. The molecule has 0 saturated carbocycles. The number of allylic oxidation sites excluding steroid dienone is 1. The molecule has 2 heterocycles. The molecular weight excluding hydrogens is 408 g/mol. The topological polar surface area (TPSA) is 68.9 Å². The van der Waals surface area contributed by atoms with Gasteiger partial charge in [0.25, 0.3) is 0 Å². The fourth-order valence-corrected chi connectivity index (χ4v) is 5.06. The van der Waals surface area contributed by atoms with Crippen molar-refractivity contribution in [3.8, 4) is 22.4 Å². The summed E-state index contributed by atoms with van der Waals surface area (Å²) >= 11 is 6.71. The molecule has 0 saturated heterocycles. The Morgan fingerprint density at radius 1 is 1.16 bits per heavy atom. The third-order valence-electron chi connectivity index (χ3n) is 6.07. The second kappa shape index (κ2) is 7.17. The fraction of sp³-hybridized carbons (Fsp3) is 0.192. The summed E-state index contributed by atoms with van der Waals surface area (Å²) in [6, 6.07) is 10.1. The number of nitrogens with one attached hydrogen (secondary N) is 2. The van der Waals surface area contributed by atoms with E-state index in [0.29, 0.717) is 10.6 Å². The van der Waals surface area contributed by atoms with Gasteiger partial charge in [-0.2, -0.15) is 0 Å². The van der Waals surface area contributed by atoms with Gasteiger partial charge in [0.2, 0.25) is 0 Å². The lowest BCUT2D eigenvalue weighted by Crippen LogP contribution is -2.02. The largest absolute Gasteiger partial charge is 0.477 e. The standard InChI is InChI=1S/C26H23ClN2O2/c1-13(2)21-23(22-16-6-4-5-15(16)7-8-19(22)27)25(26(30)31)29-24(21)18-11-14(3)12-20-17(18)9-10-28-20/h4,6-13,28-29H,5H2,1-3H3,(H,30,31).